The monoisotopic (exact) mass is 401 g/mol. The number of rotatable bonds is 3. The van der Waals surface area contributed by atoms with Crippen LogP contribution in [-0.4, -0.2) is 20.6 Å². The fraction of sp³-hybridized carbons (Fsp3) is 0.133. The van der Waals surface area contributed by atoms with Crippen molar-refractivity contribution in [2.45, 2.75) is 11.8 Å². The third-order valence-corrected chi connectivity index (χ3v) is 5.20. The van der Waals surface area contributed by atoms with Crippen LogP contribution in [0.5, 0.6) is 0 Å². The molecular weight excluding hydrogens is 390 g/mol. The Morgan fingerprint density at radius 1 is 1.18 bits per heavy atom. The first-order chi connectivity index (χ1) is 10.2. The Morgan fingerprint density at radius 3 is 2.45 bits per heavy atom. The van der Waals surface area contributed by atoms with E-state index in [1.807, 2.05) is 19.1 Å². The van der Waals surface area contributed by atoms with Crippen LogP contribution in [0, 0.1) is 6.92 Å². The van der Waals surface area contributed by atoms with Crippen LogP contribution in [0.25, 0.3) is 0 Å². The van der Waals surface area contributed by atoms with Crippen molar-refractivity contribution in [3.63, 3.8) is 0 Å². The van der Waals surface area contributed by atoms with Gasteiger partial charge in [-0.3, -0.25) is 4.79 Å². The Kier molecular flexibility index (Phi) is 4.94. The van der Waals surface area contributed by atoms with E-state index in [-0.39, 0.29) is 15.5 Å². The minimum Gasteiger partial charge on any atom is -0.321 e. The van der Waals surface area contributed by atoms with Crippen molar-refractivity contribution < 1.29 is 13.2 Å². The van der Waals surface area contributed by atoms with Crippen molar-refractivity contribution in [3.8, 4) is 0 Å². The number of benzene rings is 2. The number of sulfone groups is 1. The van der Waals surface area contributed by atoms with Crippen molar-refractivity contribution in [2.24, 2.45) is 0 Å². The highest BCUT2D eigenvalue weighted by Crippen LogP contribution is 2.26. The molecule has 0 aliphatic rings. The fourth-order valence-electron chi connectivity index (χ4n) is 1.84. The molecule has 22 heavy (non-hydrogen) atoms. The number of nitrogens with one attached hydrogen (secondary N) is 1. The summed E-state index contributed by atoms with van der Waals surface area (Å²) in [6.07, 6.45) is 1.05. The lowest BCUT2D eigenvalue weighted by molar-refractivity contribution is 0.102. The Labute approximate surface area is 142 Å². The van der Waals surface area contributed by atoms with Gasteiger partial charge in [0.05, 0.1) is 15.6 Å². The maximum absolute atomic E-state index is 12.3. The summed E-state index contributed by atoms with van der Waals surface area (Å²) < 4.78 is 24.1. The third-order valence-electron chi connectivity index (χ3n) is 2.97. The fourth-order valence-corrected chi connectivity index (χ4v) is 3.74. The van der Waals surface area contributed by atoms with Gasteiger partial charge in [-0.15, -0.1) is 0 Å². The predicted molar refractivity (Wildman–Crippen MR) is 91.4 cm³/mol. The molecule has 0 aliphatic heterocycles. The molecule has 0 spiro atoms. The van der Waals surface area contributed by atoms with Crippen molar-refractivity contribution >= 4 is 49.0 Å². The highest BCUT2D eigenvalue weighted by atomic mass is 79.9. The number of anilines is 1. The summed E-state index contributed by atoms with van der Waals surface area (Å²) in [5.74, 6) is -0.411. The predicted octanol–water partition coefficient (Wildman–Crippen LogP) is 4.07. The van der Waals surface area contributed by atoms with E-state index in [0.717, 1.165) is 16.3 Å². The topological polar surface area (TPSA) is 63.2 Å². The first-order valence-corrected chi connectivity index (χ1v) is 9.32. The lowest BCUT2D eigenvalue weighted by Gasteiger charge is -2.09. The van der Waals surface area contributed by atoms with E-state index in [2.05, 4.69) is 21.2 Å². The van der Waals surface area contributed by atoms with E-state index in [9.17, 15) is 13.2 Å². The molecule has 0 radical (unpaired) electrons. The molecule has 7 heteroatoms. The molecule has 1 amide bonds. The van der Waals surface area contributed by atoms with Crippen LogP contribution in [0.15, 0.2) is 45.8 Å². The molecule has 4 nitrogen and oxygen atoms in total. The van der Waals surface area contributed by atoms with E-state index in [4.69, 9.17) is 11.6 Å². The molecule has 0 saturated carbocycles. The number of hydrogen-bond acceptors (Lipinski definition) is 3. The van der Waals surface area contributed by atoms with Gasteiger partial charge >= 0.3 is 0 Å². The standard InChI is InChI=1S/C15H13BrClNO3S/c1-9-3-6-13(11(16)7-9)18-15(19)10-4-5-12(17)14(8-10)22(2,20)21/h3-8H,1-2H3,(H,18,19). The first-order valence-electron chi connectivity index (χ1n) is 6.25. The zero-order valence-electron chi connectivity index (χ0n) is 11.9. The van der Waals surface area contributed by atoms with E-state index >= 15 is 0 Å². The van der Waals surface area contributed by atoms with E-state index < -0.39 is 15.7 Å². The molecule has 116 valence electrons. The quantitative estimate of drug-likeness (QED) is 0.842. The average molecular weight is 403 g/mol. The zero-order valence-corrected chi connectivity index (χ0v) is 15.0. The molecule has 0 aromatic heterocycles. The second-order valence-corrected chi connectivity index (χ2v) is 8.10. The third kappa shape index (κ3) is 3.88. The average Bonchev–Trinajstić information content (AvgIpc) is 2.41. The van der Waals surface area contributed by atoms with Gasteiger partial charge in [0.2, 0.25) is 0 Å². The maximum Gasteiger partial charge on any atom is 0.255 e. The lowest BCUT2D eigenvalue weighted by atomic mass is 10.2. The van der Waals surface area contributed by atoms with Gasteiger partial charge in [0.1, 0.15) is 0 Å². The second-order valence-electron chi connectivity index (χ2n) is 4.85. The first kappa shape index (κ1) is 17.0. The summed E-state index contributed by atoms with van der Waals surface area (Å²) in [4.78, 5) is 12.2. The van der Waals surface area contributed by atoms with Crippen LogP contribution in [0.3, 0.4) is 0 Å². The summed E-state index contributed by atoms with van der Waals surface area (Å²) in [5, 5.41) is 2.82. The molecule has 0 heterocycles. The Balaban J connectivity index is 2.34. The number of halogens is 2. The molecule has 1 N–H and O–H groups in total. The summed E-state index contributed by atoms with van der Waals surface area (Å²) in [7, 11) is -3.50. The van der Waals surface area contributed by atoms with Crippen LogP contribution in [0.2, 0.25) is 5.02 Å². The summed E-state index contributed by atoms with van der Waals surface area (Å²) in [6.45, 7) is 1.94. The van der Waals surface area contributed by atoms with Gasteiger partial charge in [0.25, 0.3) is 5.91 Å². The minimum atomic E-state index is -3.50. The lowest BCUT2D eigenvalue weighted by Crippen LogP contribution is -2.13. The van der Waals surface area contributed by atoms with Crippen LogP contribution in [0.1, 0.15) is 15.9 Å². The molecule has 0 bridgehead atoms. The number of amides is 1. The van der Waals surface area contributed by atoms with Crippen molar-refractivity contribution in [3.05, 3.63) is 57.0 Å². The second kappa shape index (κ2) is 6.40. The summed E-state index contributed by atoms with van der Waals surface area (Å²) >= 11 is 9.24. The number of carbonyl (C=O) groups is 1. The Bertz CT molecular complexity index is 850. The molecule has 0 aliphatic carbocycles. The summed E-state index contributed by atoms with van der Waals surface area (Å²) in [6, 6.07) is 9.66. The van der Waals surface area contributed by atoms with E-state index in [1.165, 1.54) is 18.2 Å². The van der Waals surface area contributed by atoms with Crippen LogP contribution in [0.4, 0.5) is 5.69 Å². The van der Waals surface area contributed by atoms with Gasteiger partial charge in [-0.1, -0.05) is 17.7 Å². The number of hydrogen-bond donors (Lipinski definition) is 1. The normalized spacial score (nSPS) is 11.3. The van der Waals surface area contributed by atoms with Crippen molar-refractivity contribution in [1.29, 1.82) is 0 Å². The molecule has 2 aromatic rings. The van der Waals surface area contributed by atoms with E-state index in [1.54, 1.807) is 6.07 Å². The minimum absolute atomic E-state index is 0.0650. The Hall–Kier alpha value is -1.37. The van der Waals surface area contributed by atoms with Gasteiger partial charge in [-0.2, -0.15) is 0 Å². The van der Waals surface area contributed by atoms with Crippen LogP contribution < -0.4 is 5.32 Å². The highest BCUT2D eigenvalue weighted by molar-refractivity contribution is 9.10. The van der Waals surface area contributed by atoms with Crippen LogP contribution >= 0.6 is 27.5 Å². The maximum atomic E-state index is 12.3. The zero-order chi connectivity index (χ0) is 16.5. The SMILES string of the molecule is Cc1ccc(NC(=O)c2ccc(Cl)c(S(C)(=O)=O)c2)c(Br)c1. The molecule has 0 fully saturated rings. The Morgan fingerprint density at radius 2 is 1.86 bits per heavy atom. The number of aryl methyl sites for hydroxylation is 1. The molecular formula is C15H13BrClNO3S. The van der Waals surface area contributed by atoms with E-state index in [0.29, 0.717) is 5.69 Å². The molecule has 2 rings (SSSR count). The van der Waals surface area contributed by atoms with Gasteiger partial charge in [-0.25, -0.2) is 8.42 Å². The van der Waals surface area contributed by atoms with Gasteiger partial charge in [0.15, 0.2) is 9.84 Å². The largest absolute Gasteiger partial charge is 0.321 e. The summed E-state index contributed by atoms with van der Waals surface area (Å²) in [5.41, 5.74) is 1.87. The van der Waals surface area contributed by atoms with Gasteiger partial charge in [0, 0.05) is 16.3 Å². The smallest absolute Gasteiger partial charge is 0.255 e. The molecule has 0 atom stereocenters. The highest BCUT2D eigenvalue weighted by Gasteiger charge is 2.16. The van der Waals surface area contributed by atoms with Crippen LogP contribution in [-0.2, 0) is 9.84 Å². The molecule has 0 saturated heterocycles. The number of carbonyl (C=O) groups excluding carboxylic acids is 1. The van der Waals surface area contributed by atoms with Crippen molar-refractivity contribution in [1.82, 2.24) is 0 Å². The molecule has 2 aromatic carbocycles. The van der Waals surface area contributed by atoms with Crippen molar-refractivity contribution in [2.75, 3.05) is 11.6 Å². The molecule has 0 unspecified atom stereocenters. The van der Waals surface area contributed by atoms with Gasteiger partial charge < -0.3 is 5.32 Å². The van der Waals surface area contributed by atoms with Gasteiger partial charge in [-0.05, 0) is 58.7 Å².